The van der Waals surface area contributed by atoms with Gasteiger partial charge in [0.1, 0.15) is 4.90 Å². The minimum atomic E-state index is -3.69. The second kappa shape index (κ2) is 8.50. The summed E-state index contributed by atoms with van der Waals surface area (Å²) in [5, 5.41) is 11.5. The van der Waals surface area contributed by atoms with E-state index >= 15 is 0 Å². The number of sulfonamides is 1. The summed E-state index contributed by atoms with van der Waals surface area (Å²) in [6.45, 7) is 2.46. The molecule has 1 unspecified atom stereocenters. The fourth-order valence-electron chi connectivity index (χ4n) is 2.82. The van der Waals surface area contributed by atoms with Crippen molar-refractivity contribution in [1.82, 2.24) is 9.21 Å². The van der Waals surface area contributed by atoms with Gasteiger partial charge in [0.15, 0.2) is 0 Å². The van der Waals surface area contributed by atoms with Crippen molar-refractivity contribution in [3.8, 4) is 0 Å². The van der Waals surface area contributed by atoms with Gasteiger partial charge in [-0.1, -0.05) is 25.5 Å². The average molecular weight is 383 g/mol. The molecule has 144 valence electrons. The molecule has 1 aromatic carbocycles. The zero-order valence-corrected chi connectivity index (χ0v) is 15.8. The largest absolute Gasteiger partial charge is 0.481 e. The van der Waals surface area contributed by atoms with E-state index in [-0.39, 0.29) is 17.1 Å². The van der Waals surface area contributed by atoms with Crippen molar-refractivity contribution < 1.29 is 23.1 Å². The van der Waals surface area contributed by atoms with Crippen molar-refractivity contribution in [1.29, 1.82) is 0 Å². The predicted octanol–water partition coefficient (Wildman–Crippen LogP) is 2.05. The summed E-state index contributed by atoms with van der Waals surface area (Å²) in [5.74, 6) is -1.73. The van der Waals surface area contributed by atoms with E-state index in [4.69, 9.17) is 5.11 Å². The Morgan fingerprint density at radius 2 is 1.85 bits per heavy atom. The molecule has 26 heavy (non-hydrogen) atoms. The monoisotopic (exact) mass is 383 g/mol. The lowest BCUT2D eigenvalue weighted by Gasteiger charge is -2.27. The highest BCUT2D eigenvalue weighted by molar-refractivity contribution is 7.89. The SMILES string of the molecule is CC(CN(C)C(=O)Nc1ccccc1S(=O)(=O)N1CCCCC1)C(=O)O. The van der Waals surface area contributed by atoms with E-state index in [1.165, 1.54) is 35.3 Å². The van der Waals surface area contributed by atoms with Crippen LogP contribution in [-0.2, 0) is 14.8 Å². The number of hydrogen-bond acceptors (Lipinski definition) is 4. The van der Waals surface area contributed by atoms with Crippen molar-refractivity contribution in [2.24, 2.45) is 5.92 Å². The molecule has 1 aliphatic heterocycles. The van der Waals surface area contributed by atoms with E-state index in [2.05, 4.69) is 5.32 Å². The van der Waals surface area contributed by atoms with Gasteiger partial charge >= 0.3 is 12.0 Å². The molecule has 0 radical (unpaired) electrons. The zero-order valence-electron chi connectivity index (χ0n) is 15.0. The Morgan fingerprint density at radius 1 is 1.23 bits per heavy atom. The van der Waals surface area contributed by atoms with Crippen LogP contribution in [-0.4, -0.2) is 61.4 Å². The topological polar surface area (TPSA) is 107 Å². The van der Waals surface area contributed by atoms with Crippen LogP contribution in [0.15, 0.2) is 29.2 Å². The Bertz CT molecular complexity index is 759. The summed E-state index contributed by atoms with van der Waals surface area (Å²) in [6.07, 6.45) is 2.66. The summed E-state index contributed by atoms with van der Waals surface area (Å²) in [7, 11) is -2.23. The number of amides is 2. The van der Waals surface area contributed by atoms with E-state index in [1.54, 1.807) is 12.1 Å². The number of carboxylic acid groups (broad SMARTS) is 1. The van der Waals surface area contributed by atoms with E-state index in [0.717, 1.165) is 19.3 Å². The number of carboxylic acids is 1. The standard InChI is InChI=1S/C17H25N3O5S/c1-13(16(21)22)12-19(2)17(23)18-14-8-4-5-9-15(14)26(24,25)20-10-6-3-7-11-20/h4-5,8-9,13H,3,6-7,10-12H2,1-2H3,(H,18,23)(H,21,22). The lowest BCUT2D eigenvalue weighted by Crippen LogP contribution is -2.38. The highest BCUT2D eigenvalue weighted by Gasteiger charge is 2.29. The summed E-state index contributed by atoms with van der Waals surface area (Å²) >= 11 is 0. The van der Waals surface area contributed by atoms with Gasteiger partial charge in [0, 0.05) is 26.7 Å². The van der Waals surface area contributed by atoms with Crippen LogP contribution in [0.2, 0.25) is 0 Å². The molecule has 0 aromatic heterocycles. The first-order valence-electron chi connectivity index (χ1n) is 8.57. The fraction of sp³-hybridized carbons (Fsp3) is 0.529. The number of urea groups is 1. The Balaban J connectivity index is 2.18. The number of nitrogens with one attached hydrogen (secondary N) is 1. The van der Waals surface area contributed by atoms with Gasteiger partial charge in [0.05, 0.1) is 11.6 Å². The molecule has 1 aromatic rings. The number of para-hydroxylation sites is 1. The van der Waals surface area contributed by atoms with Crippen LogP contribution >= 0.6 is 0 Å². The van der Waals surface area contributed by atoms with Crippen LogP contribution in [0.5, 0.6) is 0 Å². The first-order valence-corrected chi connectivity index (χ1v) is 10.0. The second-order valence-electron chi connectivity index (χ2n) is 6.51. The Morgan fingerprint density at radius 3 is 2.46 bits per heavy atom. The molecule has 1 atom stereocenters. The van der Waals surface area contributed by atoms with Crippen molar-refractivity contribution in [3.05, 3.63) is 24.3 Å². The van der Waals surface area contributed by atoms with Gasteiger partial charge in [0.2, 0.25) is 10.0 Å². The molecular formula is C17H25N3O5S. The normalized spacial score (nSPS) is 16.7. The number of hydrogen-bond donors (Lipinski definition) is 2. The minimum Gasteiger partial charge on any atom is -0.481 e. The number of carbonyl (C=O) groups excluding carboxylic acids is 1. The smallest absolute Gasteiger partial charge is 0.321 e. The highest BCUT2D eigenvalue weighted by Crippen LogP contribution is 2.27. The highest BCUT2D eigenvalue weighted by atomic mass is 32.2. The average Bonchev–Trinajstić information content (AvgIpc) is 2.62. The quantitative estimate of drug-likeness (QED) is 0.782. The first kappa shape index (κ1) is 20.2. The molecule has 0 spiro atoms. The van der Waals surface area contributed by atoms with Gasteiger partial charge in [-0.15, -0.1) is 0 Å². The van der Waals surface area contributed by atoms with Crippen molar-refractivity contribution >= 4 is 27.7 Å². The summed E-state index contributed by atoms with van der Waals surface area (Å²) in [6, 6.07) is 5.70. The molecule has 1 aliphatic rings. The van der Waals surface area contributed by atoms with Crippen LogP contribution in [0.3, 0.4) is 0 Å². The lowest BCUT2D eigenvalue weighted by atomic mass is 10.2. The van der Waals surface area contributed by atoms with Gasteiger partial charge in [-0.2, -0.15) is 4.31 Å². The molecule has 0 saturated carbocycles. The zero-order chi connectivity index (χ0) is 19.3. The van der Waals surface area contributed by atoms with Crippen LogP contribution < -0.4 is 5.32 Å². The van der Waals surface area contributed by atoms with E-state index in [1.807, 2.05) is 0 Å². The minimum absolute atomic E-state index is 0.0161. The molecule has 1 fully saturated rings. The summed E-state index contributed by atoms with van der Waals surface area (Å²) in [5.41, 5.74) is 0.193. The molecule has 2 N–H and O–H groups in total. The molecule has 0 bridgehead atoms. The van der Waals surface area contributed by atoms with Crippen LogP contribution in [0.1, 0.15) is 26.2 Å². The fourth-order valence-corrected chi connectivity index (χ4v) is 4.49. The predicted molar refractivity (Wildman–Crippen MR) is 97.5 cm³/mol. The maximum atomic E-state index is 12.9. The maximum Gasteiger partial charge on any atom is 0.321 e. The van der Waals surface area contributed by atoms with Gasteiger partial charge in [-0.3, -0.25) is 4.79 Å². The van der Waals surface area contributed by atoms with E-state index in [0.29, 0.717) is 13.1 Å². The third-order valence-electron chi connectivity index (χ3n) is 4.38. The van der Waals surface area contributed by atoms with Crippen molar-refractivity contribution in [2.45, 2.75) is 31.1 Å². The number of piperidine rings is 1. The maximum absolute atomic E-state index is 12.9. The molecule has 8 nitrogen and oxygen atoms in total. The van der Waals surface area contributed by atoms with Gasteiger partial charge in [0.25, 0.3) is 0 Å². The Hall–Kier alpha value is -2.13. The third kappa shape index (κ3) is 4.73. The molecule has 2 rings (SSSR count). The molecule has 9 heteroatoms. The van der Waals surface area contributed by atoms with Crippen LogP contribution in [0.4, 0.5) is 10.5 Å². The van der Waals surface area contributed by atoms with E-state index in [9.17, 15) is 18.0 Å². The first-order chi connectivity index (χ1) is 12.2. The number of anilines is 1. The molecular weight excluding hydrogens is 358 g/mol. The van der Waals surface area contributed by atoms with Gasteiger partial charge in [-0.25, -0.2) is 13.2 Å². The van der Waals surface area contributed by atoms with Crippen LogP contribution in [0.25, 0.3) is 0 Å². The second-order valence-corrected chi connectivity index (χ2v) is 8.42. The summed E-state index contributed by atoms with van der Waals surface area (Å²) < 4.78 is 27.3. The Labute approximate surface area is 153 Å². The molecule has 0 aliphatic carbocycles. The number of benzene rings is 1. The van der Waals surface area contributed by atoms with Gasteiger partial charge < -0.3 is 15.3 Å². The Kier molecular flexibility index (Phi) is 6.60. The van der Waals surface area contributed by atoms with Crippen molar-refractivity contribution in [2.75, 3.05) is 32.0 Å². The number of nitrogens with zero attached hydrogens (tertiary/aromatic N) is 2. The number of carbonyl (C=O) groups is 2. The number of rotatable bonds is 6. The molecule has 1 saturated heterocycles. The molecule has 1 heterocycles. The van der Waals surface area contributed by atoms with Crippen molar-refractivity contribution in [3.63, 3.8) is 0 Å². The summed E-state index contributed by atoms with van der Waals surface area (Å²) in [4.78, 5) is 24.5. The lowest BCUT2D eigenvalue weighted by molar-refractivity contribution is -0.141. The van der Waals surface area contributed by atoms with Gasteiger partial charge in [-0.05, 0) is 25.0 Å². The van der Waals surface area contributed by atoms with E-state index < -0.39 is 27.9 Å². The van der Waals surface area contributed by atoms with Crippen LogP contribution in [0, 0.1) is 5.92 Å². The number of aliphatic carboxylic acids is 1. The third-order valence-corrected chi connectivity index (χ3v) is 6.33. The molecule has 2 amide bonds.